The second-order valence-corrected chi connectivity index (χ2v) is 7.72. The van der Waals surface area contributed by atoms with Crippen LogP contribution in [0.1, 0.15) is 23.6 Å². The molecule has 0 aromatic heterocycles. The van der Waals surface area contributed by atoms with Gasteiger partial charge in [0.15, 0.2) is 11.5 Å². The predicted octanol–water partition coefficient (Wildman–Crippen LogP) is 7.00. The maximum Gasteiger partial charge on any atom is 0.175 e. The van der Waals surface area contributed by atoms with E-state index in [2.05, 4.69) is 34.2 Å². The van der Waals surface area contributed by atoms with E-state index in [-0.39, 0.29) is 0 Å². The molecule has 0 spiro atoms. The second kappa shape index (κ2) is 9.85. The van der Waals surface area contributed by atoms with E-state index < -0.39 is 0 Å². The zero-order valence-electron chi connectivity index (χ0n) is 16.0. The molecule has 3 rings (SSSR count). The zero-order chi connectivity index (χ0) is 19.9. The number of anilines is 1. The highest BCUT2D eigenvalue weighted by molar-refractivity contribution is 9.10. The summed E-state index contributed by atoms with van der Waals surface area (Å²) in [6.07, 6.45) is 0. The molecule has 0 atom stereocenters. The molecule has 28 heavy (non-hydrogen) atoms. The monoisotopic (exact) mass is 459 g/mol. The lowest BCUT2D eigenvalue weighted by Gasteiger charge is -2.16. The van der Waals surface area contributed by atoms with E-state index in [1.54, 1.807) is 0 Å². The molecule has 0 radical (unpaired) electrons. The third-order valence-electron chi connectivity index (χ3n) is 4.28. The fourth-order valence-corrected chi connectivity index (χ4v) is 3.61. The molecule has 0 aliphatic carbocycles. The Bertz CT molecular complexity index is 931. The zero-order valence-corrected chi connectivity index (χ0v) is 18.3. The van der Waals surface area contributed by atoms with Gasteiger partial charge >= 0.3 is 0 Å². The second-order valence-electron chi connectivity index (χ2n) is 6.42. The fraction of sp³-hybridized carbons (Fsp3) is 0.217. The van der Waals surface area contributed by atoms with E-state index in [0.717, 1.165) is 32.6 Å². The molecule has 0 amide bonds. The Kier molecular flexibility index (Phi) is 7.24. The summed E-state index contributed by atoms with van der Waals surface area (Å²) in [7, 11) is 0. The molecule has 0 aliphatic heterocycles. The maximum atomic E-state index is 6.11. The molecule has 3 aromatic rings. The van der Waals surface area contributed by atoms with Gasteiger partial charge in [0.25, 0.3) is 0 Å². The smallest absolute Gasteiger partial charge is 0.175 e. The predicted molar refractivity (Wildman–Crippen MR) is 120 cm³/mol. The number of ether oxygens (including phenoxy) is 2. The van der Waals surface area contributed by atoms with E-state index in [0.29, 0.717) is 30.5 Å². The van der Waals surface area contributed by atoms with Crippen molar-refractivity contribution in [1.82, 2.24) is 0 Å². The van der Waals surface area contributed by atoms with Crippen LogP contribution < -0.4 is 14.8 Å². The van der Waals surface area contributed by atoms with Crippen molar-refractivity contribution in [2.75, 3.05) is 11.9 Å². The summed E-state index contributed by atoms with van der Waals surface area (Å²) >= 11 is 9.75. The normalized spacial score (nSPS) is 10.6. The quantitative estimate of drug-likeness (QED) is 0.392. The van der Waals surface area contributed by atoms with Crippen LogP contribution in [0.5, 0.6) is 11.5 Å². The average molecular weight is 461 g/mol. The number of halogens is 2. The van der Waals surface area contributed by atoms with Crippen molar-refractivity contribution in [3.05, 3.63) is 86.8 Å². The van der Waals surface area contributed by atoms with Gasteiger partial charge in [0.1, 0.15) is 6.61 Å². The van der Waals surface area contributed by atoms with Crippen LogP contribution in [0.15, 0.2) is 65.1 Å². The minimum Gasteiger partial charge on any atom is -0.490 e. The lowest BCUT2D eigenvalue weighted by atomic mass is 10.1. The van der Waals surface area contributed by atoms with Crippen LogP contribution in [0, 0.1) is 6.92 Å². The van der Waals surface area contributed by atoms with Gasteiger partial charge in [0.2, 0.25) is 0 Å². The van der Waals surface area contributed by atoms with Gasteiger partial charge in [0.05, 0.1) is 11.1 Å². The van der Waals surface area contributed by atoms with E-state index in [1.165, 1.54) is 0 Å². The standard InChI is InChI=1S/C23H23BrClNO2/c1-3-27-22-12-18(14-26-21-13-19(25)10-9-16(21)2)11-20(24)23(22)28-15-17-7-5-4-6-8-17/h4-13,26H,3,14-15H2,1-2H3. The summed E-state index contributed by atoms with van der Waals surface area (Å²) in [4.78, 5) is 0. The number of hydrogen-bond donors (Lipinski definition) is 1. The van der Waals surface area contributed by atoms with Gasteiger partial charge in [0, 0.05) is 17.3 Å². The molecule has 1 N–H and O–H groups in total. The van der Waals surface area contributed by atoms with E-state index in [4.69, 9.17) is 21.1 Å². The van der Waals surface area contributed by atoms with Crippen molar-refractivity contribution in [3.63, 3.8) is 0 Å². The van der Waals surface area contributed by atoms with Gasteiger partial charge in [-0.15, -0.1) is 0 Å². The van der Waals surface area contributed by atoms with Gasteiger partial charge in [-0.05, 0) is 70.7 Å². The van der Waals surface area contributed by atoms with E-state index in [1.807, 2.05) is 61.5 Å². The van der Waals surface area contributed by atoms with Crippen molar-refractivity contribution in [2.24, 2.45) is 0 Å². The lowest BCUT2D eigenvalue weighted by Crippen LogP contribution is -2.04. The molecule has 0 saturated carbocycles. The van der Waals surface area contributed by atoms with Crippen molar-refractivity contribution in [2.45, 2.75) is 27.0 Å². The number of rotatable bonds is 8. The van der Waals surface area contributed by atoms with Crippen LogP contribution >= 0.6 is 27.5 Å². The van der Waals surface area contributed by atoms with Crippen LogP contribution in [-0.4, -0.2) is 6.61 Å². The van der Waals surface area contributed by atoms with Gasteiger partial charge in [-0.25, -0.2) is 0 Å². The molecule has 0 unspecified atom stereocenters. The van der Waals surface area contributed by atoms with Crippen molar-refractivity contribution in [1.29, 1.82) is 0 Å². The SMILES string of the molecule is CCOc1cc(CNc2cc(Cl)ccc2C)cc(Br)c1OCc1ccccc1. The van der Waals surface area contributed by atoms with Gasteiger partial charge in [-0.1, -0.05) is 48.0 Å². The van der Waals surface area contributed by atoms with Crippen LogP contribution in [0.3, 0.4) is 0 Å². The summed E-state index contributed by atoms with van der Waals surface area (Å²) in [5.41, 5.74) is 4.36. The molecule has 5 heteroatoms. The number of aryl methyl sites for hydroxylation is 1. The summed E-state index contributed by atoms with van der Waals surface area (Å²) < 4.78 is 12.8. The molecule has 0 heterocycles. The Labute approximate surface area is 179 Å². The first-order chi connectivity index (χ1) is 13.6. The Morgan fingerprint density at radius 1 is 0.964 bits per heavy atom. The molecular formula is C23H23BrClNO2. The molecule has 0 fully saturated rings. The minimum atomic E-state index is 0.485. The molecular weight excluding hydrogens is 438 g/mol. The first-order valence-electron chi connectivity index (χ1n) is 9.18. The minimum absolute atomic E-state index is 0.485. The highest BCUT2D eigenvalue weighted by Gasteiger charge is 2.13. The van der Waals surface area contributed by atoms with Crippen LogP contribution in [0.2, 0.25) is 5.02 Å². The van der Waals surface area contributed by atoms with Crippen molar-refractivity contribution in [3.8, 4) is 11.5 Å². The van der Waals surface area contributed by atoms with Crippen LogP contribution in [-0.2, 0) is 13.2 Å². The topological polar surface area (TPSA) is 30.5 Å². The van der Waals surface area contributed by atoms with E-state index >= 15 is 0 Å². The van der Waals surface area contributed by atoms with Gasteiger partial charge in [-0.2, -0.15) is 0 Å². The third kappa shape index (κ3) is 5.43. The average Bonchev–Trinajstić information content (AvgIpc) is 2.69. The van der Waals surface area contributed by atoms with Crippen LogP contribution in [0.25, 0.3) is 0 Å². The summed E-state index contributed by atoms with van der Waals surface area (Å²) in [6.45, 7) is 5.73. The Hall–Kier alpha value is -2.17. The number of nitrogens with one attached hydrogen (secondary N) is 1. The maximum absolute atomic E-state index is 6.11. The van der Waals surface area contributed by atoms with Gasteiger partial charge < -0.3 is 14.8 Å². The van der Waals surface area contributed by atoms with Crippen molar-refractivity contribution >= 4 is 33.2 Å². The van der Waals surface area contributed by atoms with Crippen molar-refractivity contribution < 1.29 is 9.47 Å². The highest BCUT2D eigenvalue weighted by atomic mass is 79.9. The Morgan fingerprint density at radius 3 is 2.50 bits per heavy atom. The molecule has 0 saturated heterocycles. The molecule has 0 bridgehead atoms. The molecule has 0 aliphatic rings. The third-order valence-corrected chi connectivity index (χ3v) is 5.10. The van der Waals surface area contributed by atoms with Crippen LogP contribution in [0.4, 0.5) is 5.69 Å². The summed E-state index contributed by atoms with van der Waals surface area (Å²) in [6, 6.07) is 20.0. The summed E-state index contributed by atoms with van der Waals surface area (Å²) in [5, 5.41) is 4.16. The first kappa shape index (κ1) is 20.6. The first-order valence-corrected chi connectivity index (χ1v) is 10.4. The van der Waals surface area contributed by atoms with Gasteiger partial charge in [-0.3, -0.25) is 0 Å². The molecule has 3 aromatic carbocycles. The number of benzene rings is 3. The molecule has 146 valence electrons. The lowest BCUT2D eigenvalue weighted by molar-refractivity contribution is 0.267. The molecule has 3 nitrogen and oxygen atoms in total. The fourth-order valence-electron chi connectivity index (χ4n) is 2.84. The number of hydrogen-bond acceptors (Lipinski definition) is 3. The largest absolute Gasteiger partial charge is 0.490 e. The highest BCUT2D eigenvalue weighted by Crippen LogP contribution is 2.37. The summed E-state index contributed by atoms with van der Waals surface area (Å²) in [5.74, 6) is 1.45. The Balaban J connectivity index is 1.77. The Morgan fingerprint density at radius 2 is 1.75 bits per heavy atom. The van der Waals surface area contributed by atoms with E-state index in [9.17, 15) is 0 Å².